The average Bonchev–Trinajstić information content (AvgIpc) is 2.95. The standard InChI is InChI=1S/C32H42N2O4S2/c1-27-15-19-31(20-16-27)39(35,36)33(25-29-11-5-3-6-12-29)23-9-10-24-34(26-30-13-7-4-8-14-30)40(37,38)32-21-17-28(2)18-22-32/h3-5,7,9-10,15-22,29-30H,6,8,11-14,23-26H2,1-2H3/b10-9+. The van der Waals surface area contributed by atoms with Gasteiger partial charge in [0, 0.05) is 26.2 Å². The van der Waals surface area contributed by atoms with Gasteiger partial charge in [-0.25, -0.2) is 16.8 Å². The van der Waals surface area contributed by atoms with Crippen LogP contribution in [0.1, 0.15) is 49.7 Å². The second-order valence-electron chi connectivity index (χ2n) is 11.0. The zero-order chi connectivity index (χ0) is 28.6. The van der Waals surface area contributed by atoms with Crippen molar-refractivity contribution in [3.8, 4) is 0 Å². The lowest BCUT2D eigenvalue weighted by atomic mass is 9.94. The van der Waals surface area contributed by atoms with E-state index in [0.717, 1.165) is 49.7 Å². The average molecular weight is 583 g/mol. The summed E-state index contributed by atoms with van der Waals surface area (Å²) < 4.78 is 57.7. The number of aryl methyl sites for hydroxylation is 2. The molecule has 0 spiro atoms. The van der Waals surface area contributed by atoms with E-state index in [9.17, 15) is 16.8 Å². The monoisotopic (exact) mass is 582 g/mol. The van der Waals surface area contributed by atoms with Crippen LogP contribution in [0.25, 0.3) is 0 Å². The lowest BCUT2D eigenvalue weighted by molar-refractivity contribution is 0.339. The predicted molar refractivity (Wildman–Crippen MR) is 162 cm³/mol. The molecule has 2 aromatic rings. The molecule has 2 aromatic carbocycles. The second-order valence-corrected chi connectivity index (χ2v) is 14.9. The molecular weight excluding hydrogens is 540 g/mol. The molecule has 0 saturated carbocycles. The van der Waals surface area contributed by atoms with Crippen molar-refractivity contribution < 1.29 is 16.8 Å². The van der Waals surface area contributed by atoms with E-state index in [2.05, 4.69) is 24.3 Å². The molecule has 0 amide bonds. The summed E-state index contributed by atoms with van der Waals surface area (Å²) in [6.07, 6.45) is 17.7. The van der Waals surface area contributed by atoms with Crippen LogP contribution in [-0.2, 0) is 20.0 Å². The zero-order valence-electron chi connectivity index (χ0n) is 23.7. The fraction of sp³-hybridized carbons (Fsp3) is 0.438. The molecule has 0 aliphatic heterocycles. The summed E-state index contributed by atoms with van der Waals surface area (Å²) in [7, 11) is -7.40. The van der Waals surface area contributed by atoms with Crippen molar-refractivity contribution in [2.75, 3.05) is 26.2 Å². The van der Waals surface area contributed by atoms with Crippen LogP contribution < -0.4 is 0 Å². The van der Waals surface area contributed by atoms with Gasteiger partial charge in [0.15, 0.2) is 0 Å². The fourth-order valence-corrected chi connectivity index (χ4v) is 8.20. The summed E-state index contributed by atoms with van der Waals surface area (Å²) in [4.78, 5) is 0.568. The van der Waals surface area contributed by atoms with Gasteiger partial charge in [-0.2, -0.15) is 8.61 Å². The molecular formula is C32H42N2O4S2. The Morgan fingerprint density at radius 2 is 1.00 bits per heavy atom. The Bertz CT molecular complexity index is 1300. The molecule has 216 valence electrons. The van der Waals surface area contributed by atoms with E-state index in [1.54, 1.807) is 32.9 Å². The number of sulfonamides is 2. The van der Waals surface area contributed by atoms with Gasteiger partial charge in [0.25, 0.3) is 0 Å². The maximum atomic E-state index is 13.6. The Morgan fingerprint density at radius 1 is 0.625 bits per heavy atom. The third-order valence-corrected chi connectivity index (χ3v) is 11.5. The van der Waals surface area contributed by atoms with Gasteiger partial charge in [0.1, 0.15) is 0 Å². The molecule has 2 unspecified atom stereocenters. The van der Waals surface area contributed by atoms with Gasteiger partial charge >= 0.3 is 0 Å². The predicted octanol–water partition coefficient (Wildman–Crippen LogP) is 6.25. The lowest BCUT2D eigenvalue weighted by Crippen LogP contribution is -2.37. The van der Waals surface area contributed by atoms with Crippen molar-refractivity contribution >= 4 is 20.0 Å². The van der Waals surface area contributed by atoms with Gasteiger partial charge in [-0.05, 0) is 88.5 Å². The molecule has 0 fully saturated rings. The van der Waals surface area contributed by atoms with Crippen molar-refractivity contribution in [2.24, 2.45) is 11.8 Å². The van der Waals surface area contributed by atoms with Gasteiger partial charge in [-0.1, -0.05) is 71.8 Å². The Labute approximate surface area is 241 Å². The first kappa shape index (κ1) is 30.4. The molecule has 2 aliphatic rings. The van der Waals surface area contributed by atoms with Crippen LogP contribution in [-0.4, -0.2) is 51.6 Å². The van der Waals surface area contributed by atoms with Gasteiger partial charge < -0.3 is 0 Å². The zero-order valence-corrected chi connectivity index (χ0v) is 25.3. The van der Waals surface area contributed by atoms with E-state index in [4.69, 9.17) is 0 Å². The van der Waals surface area contributed by atoms with E-state index in [0.29, 0.717) is 13.1 Å². The summed E-state index contributed by atoms with van der Waals surface area (Å²) >= 11 is 0. The molecule has 40 heavy (non-hydrogen) atoms. The van der Waals surface area contributed by atoms with Crippen molar-refractivity contribution in [1.82, 2.24) is 8.61 Å². The van der Waals surface area contributed by atoms with Crippen molar-refractivity contribution in [2.45, 2.75) is 62.2 Å². The van der Waals surface area contributed by atoms with Crippen LogP contribution in [0, 0.1) is 25.7 Å². The molecule has 0 bridgehead atoms. The topological polar surface area (TPSA) is 74.8 Å². The first-order valence-corrected chi connectivity index (χ1v) is 17.1. The third kappa shape index (κ3) is 8.03. The minimum Gasteiger partial charge on any atom is -0.207 e. The summed E-state index contributed by atoms with van der Waals surface area (Å²) in [5, 5.41) is 0. The lowest BCUT2D eigenvalue weighted by Gasteiger charge is -2.28. The minimum absolute atomic E-state index is 0.195. The molecule has 2 atom stereocenters. The highest BCUT2D eigenvalue weighted by atomic mass is 32.2. The third-order valence-electron chi connectivity index (χ3n) is 7.78. The first-order chi connectivity index (χ1) is 19.2. The van der Waals surface area contributed by atoms with Crippen LogP contribution in [0.15, 0.2) is 94.8 Å². The highest BCUT2D eigenvalue weighted by Crippen LogP contribution is 2.25. The summed E-state index contributed by atoms with van der Waals surface area (Å²) in [5.74, 6) is 0.521. The van der Waals surface area contributed by atoms with E-state index in [1.165, 1.54) is 0 Å². The number of nitrogens with zero attached hydrogens (tertiary/aromatic N) is 2. The Kier molecular flexibility index (Phi) is 10.6. The van der Waals surface area contributed by atoms with Gasteiger partial charge in [0.2, 0.25) is 20.0 Å². The number of hydrogen-bond donors (Lipinski definition) is 0. The SMILES string of the molecule is Cc1ccc(S(=O)(=O)N(C/C=C/CN(CC2CC=CCC2)S(=O)(=O)c2ccc(C)cc2)CC2CC=CCC2)cc1. The minimum atomic E-state index is -3.70. The summed E-state index contributed by atoms with van der Waals surface area (Å²) in [6.45, 7) is 5.13. The van der Waals surface area contributed by atoms with Crippen molar-refractivity contribution in [3.63, 3.8) is 0 Å². The van der Waals surface area contributed by atoms with Crippen LogP contribution in [0.4, 0.5) is 0 Å². The molecule has 6 nitrogen and oxygen atoms in total. The van der Waals surface area contributed by atoms with E-state index >= 15 is 0 Å². The highest BCUT2D eigenvalue weighted by Gasteiger charge is 2.28. The van der Waals surface area contributed by atoms with Gasteiger partial charge in [-0.3, -0.25) is 0 Å². The Balaban J connectivity index is 1.53. The fourth-order valence-electron chi connectivity index (χ4n) is 5.26. The van der Waals surface area contributed by atoms with Crippen LogP contribution in [0.3, 0.4) is 0 Å². The molecule has 0 saturated heterocycles. The van der Waals surface area contributed by atoms with E-state index in [1.807, 2.05) is 50.3 Å². The van der Waals surface area contributed by atoms with Crippen molar-refractivity contribution in [1.29, 1.82) is 0 Å². The van der Waals surface area contributed by atoms with Crippen LogP contribution in [0.5, 0.6) is 0 Å². The highest BCUT2D eigenvalue weighted by molar-refractivity contribution is 7.89. The molecule has 0 N–H and O–H groups in total. The number of benzene rings is 2. The number of rotatable bonds is 12. The molecule has 4 rings (SSSR count). The molecule has 0 heterocycles. The summed E-state index contributed by atoms with van der Waals surface area (Å²) in [6, 6.07) is 13.9. The smallest absolute Gasteiger partial charge is 0.207 e. The normalized spacial score (nSPS) is 20.1. The Hall–Kier alpha value is -2.52. The van der Waals surface area contributed by atoms with Crippen LogP contribution >= 0.6 is 0 Å². The maximum Gasteiger partial charge on any atom is 0.243 e. The second kappa shape index (κ2) is 13.9. The summed E-state index contributed by atoms with van der Waals surface area (Å²) in [5.41, 5.74) is 2.01. The van der Waals surface area contributed by atoms with Gasteiger partial charge in [-0.15, -0.1) is 0 Å². The molecule has 8 heteroatoms. The maximum absolute atomic E-state index is 13.6. The van der Waals surface area contributed by atoms with E-state index < -0.39 is 20.0 Å². The van der Waals surface area contributed by atoms with Gasteiger partial charge in [0.05, 0.1) is 9.79 Å². The first-order valence-electron chi connectivity index (χ1n) is 14.2. The number of allylic oxidation sites excluding steroid dienone is 4. The van der Waals surface area contributed by atoms with Crippen LogP contribution in [0.2, 0.25) is 0 Å². The molecule has 0 radical (unpaired) electrons. The van der Waals surface area contributed by atoms with E-state index in [-0.39, 0.29) is 34.7 Å². The quantitative estimate of drug-likeness (QED) is 0.277. The molecule has 0 aromatic heterocycles. The molecule has 2 aliphatic carbocycles. The number of hydrogen-bond acceptors (Lipinski definition) is 4. The Morgan fingerprint density at radius 3 is 1.32 bits per heavy atom. The largest absolute Gasteiger partial charge is 0.243 e. The van der Waals surface area contributed by atoms with Crippen molar-refractivity contribution in [3.05, 3.63) is 96.1 Å².